The molecule has 8 heteroatoms. The van der Waals surface area contributed by atoms with Gasteiger partial charge in [-0.15, -0.1) is 0 Å². The molecule has 7 nitrogen and oxygen atoms in total. The van der Waals surface area contributed by atoms with Crippen molar-refractivity contribution in [3.05, 3.63) is 58.1 Å². The smallest absolute Gasteiger partial charge is 0.338 e. The fourth-order valence-corrected chi connectivity index (χ4v) is 2.44. The van der Waals surface area contributed by atoms with Crippen molar-refractivity contribution in [3.63, 3.8) is 0 Å². The van der Waals surface area contributed by atoms with Crippen LogP contribution in [0.25, 0.3) is 11.4 Å². The van der Waals surface area contributed by atoms with Crippen LogP contribution in [0.15, 0.2) is 45.6 Å². The van der Waals surface area contributed by atoms with E-state index in [2.05, 4.69) is 10.1 Å². The molecule has 0 fully saturated rings. The average Bonchev–Trinajstić information content (AvgIpc) is 3.23. The van der Waals surface area contributed by atoms with Crippen molar-refractivity contribution in [1.82, 2.24) is 10.1 Å². The van der Waals surface area contributed by atoms with E-state index >= 15 is 0 Å². The first-order valence-corrected chi connectivity index (χ1v) is 7.50. The average molecular weight is 329 g/mol. The molecule has 0 bridgehead atoms. The van der Waals surface area contributed by atoms with Gasteiger partial charge in [-0.25, -0.2) is 4.79 Å². The van der Waals surface area contributed by atoms with E-state index in [0.717, 1.165) is 5.56 Å². The zero-order valence-electron chi connectivity index (χ0n) is 11.8. The molecule has 0 radical (unpaired) electrons. The van der Waals surface area contributed by atoms with Crippen molar-refractivity contribution in [2.24, 2.45) is 5.73 Å². The van der Waals surface area contributed by atoms with Crippen LogP contribution in [0, 0.1) is 0 Å². The third kappa shape index (κ3) is 3.43. The maximum absolute atomic E-state index is 11.9. The molecule has 0 unspecified atom stereocenters. The van der Waals surface area contributed by atoms with E-state index in [0.29, 0.717) is 17.0 Å². The summed E-state index contributed by atoms with van der Waals surface area (Å²) in [4.78, 5) is 27.0. The van der Waals surface area contributed by atoms with Gasteiger partial charge in [-0.05, 0) is 35.7 Å². The number of primary amides is 1. The summed E-state index contributed by atoms with van der Waals surface area (Å²) in [6.45, 7) is -0.131. The Balaban J connectivity index is 1.61. The van der Waals surface area contributed by atoms with Crippen LogP contribution >= 0.6 is 11.3 Å². The topological polar surface area (TPSA) is 108 Å². The lowest BCUT2D eigenvalue weighted by molar-refractivity contribution is 0.0429. The van der Waals surface area contributed by atoms with Gasteiger partial charge in [0.25, 0.3) is 5.89 Å². The fourth-order valence-electron chi connectivity index (χ4n) is 1.80. The van der Waals surface area contributed by atoms with Crippen molar-refractivity contribution in [1.29, 1.82) is 0 Å². The van der Waals surface area contributed by atoms with Crippen molar-refractivity contribution in [2.45, 2.75) is 6.61 Å². The number of amides is 1. The highest BCUT2D eigenvalue weighted by Gasteiger charge is 2.13. The van der Waals surface area contributed by atoms with Crippen molar-refractivity contribution in [2.75, 3.05) is 0 Å². The number of carbonyl (C=O) groups excluding carboxylic acids is 2. The minimum absolute atomic E-state index is 0.131. The largest absolute Gasteiger partial charge is 0.452 e. The highest BCUT2D eigenvalue weighted by molar-refractivity contribution is 7.08. The van der Waals surface area contributed by atoms with Crippen LogP contribution in [0.2, 0.25) is 0 Å². The summed E-state index contributed by atoms with van der Waals surface area (Å²) in [5.41, 5.74) is 6.60. The Morgan fingerprint density at radius 2 is 1.91 bits per heavy atom. The summed E-state index contributed by atoms with van der Waals surface area (Å²) in [5.74, 6) is -0.468. The molecule has 0 atom stereocenters. The first kappa shape index (κ1) is 14.9. The molecule has 3 aromatic rings. The molecule has 1 aromatic carbocycles. The molecule has 2 N–H and O–H groups in total. The highest BCUT2D eigenvalue weighted by Crippen LogP contribution is 2.19. The van der Waals surface area contributed by atoms with Gasteiger partial charge < -0.3 is 15.0 Å². The number of esters is 1. The molecular weight excluding hydrogens is 318 g/mol. The monoisotopic (exact) mass is 329 g/mol. The number of nitrogens with zero attached hydrogens (tertiary/aromatic N) is 2. The second-order valence-corrected chi connectivity index (χ2v) is 5.32. The van der Waals surface area contributed by atoms with Crippen molar-refractivity contribution >= 4 is 23.2 Å². The Labute approximate surface area is 134 Å². The second kappa shape index (κ2) is 6.41. The molecule has 0 saturated carbocycles. The van der Waals surface area contributed by atoms with Crippen molar-refractivity contribution in [3.8, 4) is 11.4 Å². The zero-order valence-corrected chi connectivity index (χ0v) is 12.6. The molecule has 2 aromatic heterocycles. The maximum Gasteiger partial charge on any atom is 0.338 e. The predicted molar refractivity (Wildman–Crippen MR) is 81.7 cm³/mol. The molecule has 0 aliphatic rings. The Kier molecular flexibility index (Phi) is 4.15. The summed E-state index contributed by atoms with van der Waals surface area (Å²) < 4.78 is 10.1. The van der Waals surface area contributed by atoms with Gasteiger partial charge in [-0.2, -0.15) is 16.3 Å². The van der Waals surface area contributed by atoms with Crippen LogP contribution < -0.4 is 5.73 Å². The van der Waals surface area contributed by atoms with Crippen LogP contribution in [0.5, 0.6) is 0 Å². The highest BCUT2D eigenvalue weighted by atomic mass is 32.1. The SMILES string of the molecule is NC(=O)c1ccc(C(=O)OCc2nc(-c3ccsc3)no2)cc1. The molecule has 2 heterocycles. The van der Waals surface area contributed by atoms with Gasteiger partial charge in [0.15, 0.2) is 6.61 Å². The number of benzene rings is 1. The van der Waals surface area contributed by atoms with E-state index in [1.165, 1.54) is 35.6 Å². The Hall–Kier alpha value is -3.00. The molecule has 23 heavy (non-hydrogen) atoms. The predicted octanol–water partition coefficient (Wildman–Crippen LogP) is 2.25. The number of hydrogen-bond acceptors (Lipinski definition) is 7. The number of carbonyl (C=O) groups is 2. The molecule has 0 aliphatic carbocycles. The molecular formula is C15H11N3O4S. The molecule has 3 rings (SSSR count). The lowest BCUT2D eigenvalue weighted by atomic mass is 10.1. The number of ether oxygens (including phenoxy) is 1. The molecule has 0 saturated heterocycles. The quantitative estimate of drug-likeness (QED) is 0.719. The van der Waals surface area contributed by atoms with Gasteiger partial charge in [0.2, 0.25) is 11.7 Å². The third-order valence-corrected chi connectivity index (χ3v) is 3.66. The molecule has 0 aliphatic heterocycles. The minimum Gasteiger partial charge on any atom is -0.452 e. The van der Waals surface area contributed by atoms with E-state index < -0.39 is 11.9 Å². The molecule has 116 valence electrons. The van der Waals surface area contributed by atoms with Gasteiger partial charge in [0, 0.05) is 16.5 Å². The second-order valence-electron chi connectivity index (χ2n) is 4.54. The van der Waals surface area contributed by atoms with E-state index in [1.807, 2.05) is 16.8 Å². The van der Waals surface area contributed by atoms with E-state index in [9.17, 15) is 9.59 Å². The summed E-state index contributed by atoms with van der Waals surface area (Å²) in [6, 6.07) is 7.71. The van der Waals surface area contributed by atoms with Gasteiger partial charge in [-0.1, -0.05) is 5.16 Å². The fraction of sp³-hybridized carbons (Fsp3) is 0.0667. The summed E-state index contributed by atoms with van der Waals surface area (Å²) in [7, 11) is 0. The number of hydrogen-bond donors (Lipinski definition) is 1. The van der Waals surface area contributed by atoms with E-state index in [4.69, 9.17) is 15.0 Å². The molecule has 1 amide bonds. The lowest BCUT2D eigenvalue weighted by Gasteiger charge is -2.02. The van der Waals surface area contributed by atoms with Gasteiger partial charge in [0.05, 0.1) is 5.56 Å². The Bertz CT molecular complexity index is 825. The first-order chi connectivity index (χ1) is 11.1. The van der Waals surface area contributed by atoms with Gasteiger partial charge >= 0.3 is 5.97 Å². The first-order valence-electron chi connectivity index (χ1n) is 6.55. The number of thiophene rings is 1. The standard InChI is InChI=1S/C15H11N3O4S/c16-13(19)9-1-3-10(4-2-9)15(20)21-7-12-17-14(18-22-12)11-5-6-23-8-11/h1-6,8H,7H2,(H2,16,19). The number of aromatic nitrogens is 2. The number of nitrogens with two attached hydrogens (primary N) is 1. The zero-order chi connectivity index (χ0) is 16.2. The normalized spacial score (nSPS) is 10.4. The van der Waals surface area contributed by atoms with Crippen LogP contribution in [0.4, 0.5) is 0 Å². The van der Waals surface area contributed by atoms with Crippen LogP contribution in [-0.4, -0.2) is 22.0 Å². The third-order valence-electron chi connectivity index (χ3n) is 2.98. The minimum atomic E-state index is -0.559. The number of rotatable bonds is 5. The van der Waals surface area contributed by atoms with Crippen LogP contribution in [-0.2, 0) is 11.3 Å². The van der Waals surface area contributed by atoms with Crippen LogP contribution in [0.1, 0.15) is 26.6 Å². The Morgan fingerprint density at radius 1 is 1.17 bits per heavy atom. The summed E-state index contributed by atoms with van der Waals surface area (Å²) >= 11 is 1.52. The van der Waals surface area contributed by atoms with E-state index in [1.54, 1.807) is 0 Å². The van der Waals surface area contributed by atoms with Crippen LogP contribution in [0.3, 0.4) is 0 Å². The Morgan fingerprint density at radius 3 is 2.57 bits per heavy atom. The van der Waals surface area contributed by atoms with E-state index in [-0.39, 0.29) is 12.5 Å². The van der Waals surface area contributed by atoms with Crippen molar-refractivity contribution < 1.29 is 18.8 Å². The van der Waals surface area contributed by atoms with Gasteiger partial charge in [-0.3, -0.25) is 4.79 Å². The summed E-state index contributed by atoms with van der Waals surface area (Å²) in [5, 5.41) is 7.61. The maximum atomic E-state index is 11.9. The molecule has 0 spiro atoms. The summed E-state index contributed by atoms with van der Waals surface area (Å²) in [6.07, 6.45) is 0. The van der Waals surface area contributed by atoms with Gasteiger partial charge in [0.1, 0.15) is 0 Å². The lowest BCUT2D eigenvalue weighted by Crippen LogP contribution is -2.11.